The Bertz CT molecular complexity index is 693. The normalized spacial score (nSPS) is 15.2. The van der Waals surface area contributed by atoms with Crippen molar-refractivity contribution < 1.29 is 13.9 Å². The zero-order chi connectivity index (χ0) is 17.6. The largest absolute Gasteiger partial charge is 0.497 e. The minimum atomic E-state index is -0.275. The highest BCUT2D eigenvalue weighted by Gasteiger charge is 2.21. The van der Waals surface area contributed by atoms with Gasteiger partial charge in [-0.1, -0.05) is 24.3 Å². The molecule has 1 aliphatic heterocycles. The summed E-state index contributed by atoms with van der Waals surface area (Å²) >= 11 is 0. The Balaban J connectivity index is 1.47. The molecule has 2 aromatic rings. The third-order valence-corrected chi connectivity index (χ3v) is 4.56. The van der Waals surface area contributed by atoms with Crippen molar-refractivity contribution >= 4 is 5.91 Å². The number of carbonyl (C=O) groups excluding carboxylic acids is 1. The van der Waals surface area contributed by atoms with Gasteiger partial charge in [-0.2, -0.15) is 0 Å². The molecule has 0 unspecified atom stereocenters. The smallest absolute Gasteiger partial charge is 0.227 e. The van der Waals surface area contributed by atoms with Gasteiger partial charge in [0.25, 0.3) is 0 Å². The van der Waals surface area contributed by atoms with Gasteiger partial charge in [0.15, 0.2) is 0 Å². The lowest BCUT2D eigenvalue weighted by molar-refractivity contribution is -0.132. The molecule has 4 nitrogen and oxygen atoms in total. The van der Waals surface area contributed by atoms with Gasteiger partial charge in [-0.25, -0.2) is 4.39 Å². The van der Waals surface area contributed by atoms with Gasteiger partial charge < -0.3 is 9.64 Å². The molecule has 1 aliphatic rings. The molecule has 25 heavy (non-hydrogen) atoms. The Morgan fingerprint density at radius 3 is 2.16 bits per heavy atom. The summed E-state index contributed by atoms with van der Waals surface area (Å²) < 4.78 is 18.1. The molecular formula is C20H23FN2O2. The molecule has 3 rings (SSSR count). The summed E-state index contributed by atoms with van der Waals surface area (Å²) in [5.74, 6) is 0.694. The molecule has 0 aliphatic carbocycles. The van der Waals surface area contributed by atoms with Crippen molar-refractivity contribution in [2.75, 3.05) is 33.3 Å². The van der Waals surface area contributed by atoms with Gasteiger partial charge >= 0.3 is 0 Å². The molecule has 2 aromatic carbocycles. The highest BCUT2D eigenvalue weighted by Crippen LogP contribution is 2.14. The van der Waals surface area contributed by atoms with Crippen LogP contribution in [0.3, 0.4) is 0 Å². The molecule has 0 saturated carbocycles. The van der Waals surface area contributed by atoms with Crippen LogP contribution in [-0.2, 0) is 17.8 Å². The standard InChI is InChI=1S/C20H23FN2O2/c1-25-19-8-4-17(5-9-19)15-22-10-12-23(13-11-22)20(24)14-16-2-6-18(21)7-3-16/h2-9H,10-15H2,1H3. The number of halogens is 1. The van der Waals surface area contributed by atoms with Crippen LogP contribution >= 0.6 is 0 Å². The fourth-order valence-electron chi connectivity index (χ4n) is 3.03. The number of methoxy groups -OCH3 is 1. The number of rotatable bonds is 5. The van der Waals surface area contributed by atoms with E-state index in [-0.39, 0.29) is 11.7 Å². The number of ether oxygens (including phenoxy) is 1. The van der Waals surface area contributed by atoms with E-state index in [0.29, 0.717) is 6.42 Å². The van der Waals surface area contributed by atoms with Gasteiger partial charge in [0.2, 0.25) is 5.91 Å². The monoisotopic (exact) mass is 342 g/mol. The summed E-state index contributed by atoms with van der Waals surface area (Å²) in [7, 11) is 1.66. The van der Waals surface area contributed by atoms with E-state index in [1.165, 1.54) is 17.7 Å². The Hall–Kier alpha value is -2.40. The molecule has 0 N–H and O–H groups in total. The second-order valence-electron chi connectivity index (χ2n) is 6.31. The zero-order valence-corrected chi connectivity index (χ0v) is 14.5. The fourth-order valence-corrected chi connectivity index (χ4v) is 3.03. The van der Waals surface area contributed by atoms with Crippen LogP contribution in [0.1, 0.15) is 11.1 Å². The predicted molar refractivity (Wildman–Crippen MR) is 95.0 cm³/mol. The summed E-state index contributed by atoms with van der Waals surface area (Å²) in [6.45, 7) is 4.07. The van der Waals surface area contributed by atoms with Gasteiger partial charge in [0.1, 0.15) is 11.6 Å². The van der Waals surface area contributed by atoms with Crippen LogP contribution in [-0.4, -0.2) is 49.0 Å². The summed E-state index contributed by atoms with van der Waals surface area (Å²) in [4.78, 5) is 16.6. The molecule has 1 fully saturated rings. The van der Waals surface area contributed by atoms with Gasteiger partial charge in [-0.05, 0) is 35.4 Å². The molecule has 132 valence electrons. The lowest BCUT2D eigenvalue weighted by Gasteiger charge is -2.34. The van der Waals surface area contributed by atoms with E-state index >= 15 is 0 Å². The highest BCUT2D eigenvalue weighted by molar-refractivity contribution is 5.78. The Morgan fingerprint density at radius 2 is 1.56 bits per heavy atom. The molecule has 0 radical (unpaired) electrons. The van der Waals surface area contributed by atoms with Crippen LogP contribution in [0.5, 0.6) is 5.75 Å². The van der Waals surface area contributed by atoms with Crippen LogP contribution in [0, 0.1) is 5.82 Å². The maximum Gasteiger partial charge on any atom is 0.227 e. The van der Waals surface area contributed by atoms with E-state index in [9.17, 15) is 9.18 Å². The second-order valence-corrected chi connectivity index (χ2v) is 6.31. The van der Waals surface area contributed by atoms with E-state index in [0.717, 1.165) is 44.0 Å². The van der Waals surface area contributed by atoms with Crippen LogP contribution in [0.2, 0.25) is 0 Å². The maximum atomic E-state index is 12.9. The van der Waals surface area contributed by atoms with Crippen molar-refractivity contribution in [3.05, 3.63) is 65.5 Å². The van der Waals surface area contributed by atoms with E-state index in [1.807, 2.05) is 17.0 Å². The number of hydrogen-bond donors (Lipinski definition) is 0. The number of piperazine rings is 1. The topological polar surface area (TPSA) is 32.8 Å². The van der Waals surface area contributed by atoms with Crippen molar-refractivity contribution in [3.8, 4) is 5.75 Å². The summed E-state index contributed by atoms with van der Waals surface area (Å²) in [5, 5.41) is 0. The predicted octanol–water partition coefficient (Wildman–Crippen LogP) is 2.72. The molecule has 1 heterocycles. The SMILES string of the molecule is COc1ccc(CN2CCN(C(=O)Cc3ccc(F)cc3)CC2)cc1. The third-order valence-electron chi connectivity index (χ3n) is 4.56. The van der Waals surface area contributed by atoms with Crippen molar-refractivity contribution in [1.82, 2.24) is 9.80 Å². The lowest BCUT2D eigenvalue weighted by Crippen LogP contribution is -2.48. The van der Waals surface area contributed by atoms with Crippen molar-refractivity contribution in [2.45, 2.75) is 13.0 Å². The first-order chi connectivity index (χ1) is 12.1. The molecule has 5 heteroatoms. The minimum Gasteiger partial charge on any atom is -0.497 e. The second kappa shape index (κ2) is 8.12. The first kappa shape index (κ1) is 17.4. The Morgan fingerprint density at radius 1 is 0.960 bits per heavy atom. The van der Waals surface area contributed by atoms with Gasteiger partial charge in [0, 0.05) is 32.7 Å². The van der Waals surface area contributed by atoms with Crippen LogP contribution in [0.4, 0.5) is 4.39 Å². The van der Waals surface area contributed by atoms with E-state index in [4.69, 9.17) is 4.74 Å². The Labute approximate surface area is 147 Å². The lowest BCUT2D eigenvalue weighted by atomic mass is 10.1. The number of nitrogens with zero attached hydrogens (tertiary/aromatic N) is 2. The van der Waals surface area contributed by atoms with E-state index < -0.39 is 0 Å². The first-order valence-corrected chi connectivity index (χ1v) is 8.51. The average molecular weight is 342 g/mol. The maximum absolute atomic E-state index is 12.9. The summed E-state index contributed by atoms with van der Waals surface area (Å²) in [5.41, 5.74) is 2.10. The van der Waals surface area contributed by atoms with Crippen molar-refractivity contribution in [3.63, 3.8) is 0 Å². The first-order valence-electron chi connectivity index (χ1n) is 8.51. The molecule has 0 atom stereocenters. The summed E-state index contributed by atoms with van der Waals surface area (Å²) in [6, 6.07) is 14.2. The van der Waals surface area contributed by atoms with Crippen molar-refractivity contribution in [1.29, 1.82) is 0 Å². The highest BCUT2D eigenvalue weighted by atomic mass is 19.1. The molecule has 1 amide bonds. The minimum absolute atomic E-state index is 0.107. The average Bonchev–Trinajstić information content (AvgIpc) is 2.65. The Kier molecular flexibility index (Phi) is 5.66. The van der Waals surface area contributed by atoms with Crippen molar-refractivity contribution in [2.24, 2.45) is 0 Å². The van der Waals surface area contributed by atoms with Crippen LogP contribution in [0.15, 0.2) is 48.5 Å². The molecule has 0 spiro atoms. The quantitative estimate of drug-likeness (QED) is 0.838. The molecule has 0 aromatic heterocycles. The van der Waals surface area contributed by atoms with Gasteiger partial charge in [0.05, 0.1) is 13.5 Å². The number of benzene rings is 2. The van der Waals surface area contributed by atoms with E-state index in [2.05, 4.69) is 17.0 Å². The summed E-state index contributed by atoms with van der Waals surface area (Å²) in [6.07, 6.45) is 0.332. The van der Waals surface area contributed by atoms with Crippen LogP contribution < -0.4 is 4.74 Å². The zero-order valence-electron chi connectivity index (χ0n) is 14.5. The third kappa shape index (κ3) is 4.79. The number of amides is 1. The molecular weight excluding hydrogens is 319 g/mol. The van der Waals surface area contributed by atoms with Crippen LogP contribution in [0.25, 0.3) is 0 Å². The molecule has 0 bridgehead atoms. The number of carbonyl (C=O) groups is 1. The number of hydrogen-bond acceptors (Lipinski definition) is 3. The molecule has 1 saturated heterocycles. The van der Waals surface area contributed by atoms with E-state index in [1.54, 1.807) is 19.2 Å². The van der Waals surface area contributed by atoms with Gasteiger partial charge in [-0.3, -0.25) is 9.69 Å². The van der Waals surface area contributed by atoms with Gasteiger partial charge in [-0.15, -0.1) is 0 Å². The fraction of sp³-hybridized carbons (Fsp3) is 0.350.